The smallest absolute Gasteiger partial charge is 0.374 e. The molecule has 0 unspecified atom stereocenters. The monoisotopic (exact) mass is 670 g/mol. The van der Waals surface area contributed by atoms with Gasteiger partial charge < -0.3 is 26.6 Å². The van der Waals surface area contributed by atoms with Crippen molar-refractivity contribution in [3.63, 3.8) is 0 Å². The van der Waals surface area contributed by atoms with E-state index >= 15 is 0 Å². The molecule has 228 valence electrons. The third kappa shape index (κ3) is 9.38. The molecule has 0 N–H and O–H groups in total. The van der Waals surface area contributed by atoms with Crippen molar-refractivity contribution in [2.24, 2.45) is 0 Å². The van der Waals surface area contributed by atoms with Crippen LogP contribution in [0.1, 0.15) is 54.4 Å². The van der Waals surface area contributed by atoms with Gasteiger partial charge in [-0.3, -0.25) is 19.4 Å². The summed E-state index contributed by atoms with van der Waals surface area (Å²) in [7, 11) is -5.66. The molecule has 0 atom stereocenters. The van der Waals surface area contributed by atoms with Gasteiger partial charge in [-0.1, -0.05) is 48.0 Å². The maximum atomic E-state index is 13.4. The molecule has 2 saturated heterocycles. The van der Waals surface area contributed by atoms with Crippen molar-refractivity contribution >= 4 is 86.0 Å². The molecule has 0 aromatic heterocycles. The second-order valence-corrected chi connectivity index (χ2v) is 17.2. The molecule has 0 aromatic carbocycles. The first-order valence-electron chi connectivity index (χ1n) is 13.8. The molecule has 2 rings (SSSR count). The molecule has 2 fully saturated rings. The van der Waals surface area contributed by atoms with Crippen LogP contribution < -0.4 is 0 Å². The maximum Gasteiger partial charge on any atom is 0.500 e. The summed E-state index contributed by atoms with van der Waals surface area (Å²) in [6.07, 6.45) is 1.19. The minimum absolute atomic E-state index is 0.276. The molecule has 0 aromatic rings. The van der Waals surface area contributed by atoms with Crippen molar-refractivity contribution in [2.45, 2.75) is 66.5 Å². The number of hydrogen-bond donors (Lipinski definition) is 0. The van der Waals surface area contributed by atoms with Gasteiger partial charge in [-0.25, -0.2) is 0 Å². The first-order valence-corrected chi connectivity index (χ1v) is 20.1. The molecule has 40 heavy (non-hydrogen) atoms. The van der Waals surface area contributed by atoms with Crippen LogP contribution in [0.3, 0.4) is 0 Å². The lowest BCUT2D eigenvalue weighted by atomic mass is 10.3. The fourth-order valence-electron chi connectivity index (χ4n) is 4.37. The van der Waals surface area contributed by atoms with Gasteiger partial charge >= 0.3 is 17.6 Å². The van der Waals surface area contributed by atoms with Crippen LogP contribution in [-0.4, -0.2) is 101 Å². The van der Waals surface area contributed by atoms with Gasteiger partial charge in [-0.2, -0.15) is 0 Å². The normalized spacial score (nSPS) is 18.6. The molecule has 2 aliphatic heterocycles. The van der Waals surface area contributed by atoms with Crippen LogP contribution in [0, 0.1) is 0 Å². The summed E-state index contributed by atoms with van der Waals surface area (Å²) in [6.45, 7) is 15.2. The third-order valence-corrected chi connectivity index (χ3v) is 15.1. The summed E-state index contributed by atoms with van der Waals surface area (Å²) in [4.78, 5) is 30.5. The Morgan fingerprint density at radius 1 is 0.575 bits per heavy atom. The van der Waals surface area contributed by atoms with Crippen molar-refractivity contribution in [1.82, 2.24) is 9.80 Å². The van der Waals surface area contributed by atoms with E-state index in [4.69, 9.17) is 51.0 Å². The number of rotatable bonds is 20. The van der Waals surface area contributed by atoms with Crippen LogP contribution in [0.4, 0.5) is 0 Å². The van der Waals surface area contributed by atoms with Gasteiger partial charge in [0.05, 0.1) is 9.81 Å². The Bertz CT molecular complexity index is 837. The Hall–Kier alpha value is -0.246. The number of thiocarbonyl (C=S) groups is 2. The Morgan fingerprint density at radius 3 is 1.10 bits per heavy atom. The number of nitrogens with zero attached hydrogens (tertiary/aromatic N) is 2. The number of carbonyl (C=O) groups excluding carboxylic acids is 2. The minimum Gasteiger partial charge on any atom is -0.374 e. The summed E-state index contributed by atoms with van der Waals surface area (Å²) >= 11 is 13.3. The average Bonchev–Trinajstić information content (AvgIpc) is 3.34. The highest BCUT2D eigenvalue weighted by Gasteiger charge is 2.45. The molecule has 10 nitrogen and oxygen atoms in total. The van der Waals surface area contributed by atoms with E-state index in [-0.39, 0.29) is 11.8 Å². The van der Waals surface area contributed by atoms with Crippen molar-refractivity contribution in [3.8, 4) is 0 Å². The molecular formula is C24H42N2O8S4Si2. The second kappa shape index (κ2) is 17.8. The zero-order valence-electron chi connectivity index (χ0n) is 24.3. The van der Waals surface area contributed by atoms with Crippen LogP contribution in [0.5, 0.6) is 0 Å². The summed E-state index contributed by atoms with van der Waals surface area (Å²) < 4.78 is 36.3. The predicted octanol–water partition coefficient (Wildman–Crippen LogP) is 4.80. The Balaban J connectivity index is 2.07. The van der Waals surface area contributed by atoms with Crippen LogP contribution in [0.25, 0.3) is 0 Å². The molecule has 0 saturated carbocycles. The number of amides is 2. The van der Waals surface area contributed by atoms with Gasteiger partial charge in [0.2, 0.25) is 0 Å². The van der Waals surface area contributed by atoms with Crippen molar-refractivity contribution in [3.05, 3.63) is 9.81 Å². The first-order chi connectivity index (χ1) is 19.2. The minimum atomic E-state index is -2.83. The number of carbonyl (C=O) groups is 2. The van der Waals surface area contributed by atoms with Crippen molar-refractivity contribution in [2.75, 3.05) is 52.7 Å². The zero-order valence-corrected chi connectivity index (χ0v) is 29.5. The topological polar surface area (TPSA) is 96.0 Å². The third-order valence-electron chi connectivity index (χ3n) is 5.82. The van der Waals surface area contributed by atoms with E-state index in [1.165, 1.54) is 9.80 Å². The lowest BCUT2D eigenvalue weighted by Crippen LogP contribution is -2.46. The van der Waals surface area contributed by atoms with Gasteiger partial charge in [0.1, 0.15) is 8.64 Å². The summed E-state index contributed by atoms with van der Waals surface area (Å²) in [6, 6.07) is 1.13. The molecule has 0 radical (unpaired) electrons. The van der Waals surface area contributed by atoms with Crippen LogP contribution in [0.15, 0.2) is 9.81 Å². The lowest BCUT2D eigenvalue weighted by molar-refractivity contribution is -0.124. The fraction of sp³-hybridized carbons (Fsp3) is 0.750. The average molecular weight is 671 g/mol. The van der Waals surface area contributed by atoms with E-state index in [2.05, 4.69) is 0 Å². The molecule has 0 aliphatic carbocycles. The van der Waals surface area contributed by atoms with E-state index in [0.29, 0.717) is 96.1 Å². The molecule has 0 bridgehead atoms. The quantitative estimate of drug-likeness (QED) is 0.101. The highest BCUT2D eigenvalue weighted by Crippen LogP contribution is 2.42. The molecule has 2 aliphatic rings. The molecule has 2 amide bonds. The molecule has 0 spiro atoms. The Morgan fingerprint density at radius 2 is 0.850 bits per heavy atom. The summed E-state index contributed by atoms with van der Waals surface area (Å²) in [5.74, 6) is -0.551. The molecule has 2 heterocycles. The van der Waals surface area contributed by atoms with Gasteiger partial charge in [-0.05, 0) is 54.4 Å². The van der Waals surface area contributed by atoms with Crippen molar-refractivity contribution in [1.29, 1.82) is 0 Å². The SMILES string of the molecule is CCO[Si](CCCN1C(=O)/C(=C2/SC(=S)N(CCC[Si](OCC)(OCC)OCC)C2=O)SC1=S)(OCC)OCC. The van der Waals surface area contributed by atoms with Gasteiger partial charge in [0, 0.05) is 64.8 Å². The van der Waals surface area contributed by atoms with Crippen LogP contribution in [-0.2, 0) is 36.1 Å². The first kappa shape index (κ1) is 35.9. The van der Waals surface area contributed by atoms with Gasteiger partial charge in [0.15, 0.2) is 0 Å². The van der Waals surface area contributed by atoms with E-state index in [0.717, 1.165) is 23.5 Å². The van der Waals surface area contributed by atoms with E-state index < -0.39 is 17.6 Å². The second-order valence-electron chi connectivity index (χ2n) is 8.48. The predicted molar refractivity (Wildman–Crippen MR) is 171 cm³/mol. The van der Waals surface area contributed by atoms with Crippen LogP contribution in [0.2, 0.25) is 12.1 Å². The van der Waals surface area contributed by atoms with Gasteiger partial charge in [-0.15, -0.1) is 0 Å². The van der Waals surface area contributed by atoms with Gasteiger partial charge in [0.25, 0.3) is 11.8 Å². The van der Waals surface area contributed by atoms with Crippen molar-refractivity contribution < 1.29 is 36.1 Å². The highest BCUT2D eigenvalue weighted by molar-refractivity contribution is 8.29. The lowest BCUT2D eigenvalue weighted by Gasteiger charge is -2.29. The summed E-state index contributed by atoms with van der Waals surface area (Å²) in [5, 5.41) is 0. The largest absolute Gasteiger partial charge is 0.500 e. The fourth-order valence-corrected chi connectivity index (χ4v) is 12.3. The molecule has 16 heteroatoms. The van der Waals surface area contributed by atoms with Crippen LogP contribution >= 0.6 is 48.0 Å². The van der Waals surface area contributed by atoms with E-state index in [1.54, 1.807) is 0 Å². The standard InChI is InChI=1S/C24H42N2O8S4Si2/c1-7-29-39(30-8-2,31-9-3)17-13-15-25-21(27)19(37-23(25)35)20-22(28)26(24(36)38-20)16-14-18-40(32-10-4,33-11-5)34-12-6/h7-18H2,1-6H3/b20-19-. The maximum absolute atomic E-state index is 13.4. The Labute approximate surface area is 259 Å². The zero-order chi connectivity index (χ0) is 29.8. The Kier molecular flexibility index (Phi) is 16.0. The van der Waals surface area contributed by atoms with E-state index in [1.807, 2.05) is 41.5 Å². The number of hydrogen-bond acceptors (Lipinski definition) is 12. The highest BCUT2D eigenvalue weighted by atomic mass is 32.2. The summed E-state index contributed by atoms with van der Waals surface area (Å²) in [5.41, 5.74) is 0. The molecular weight excluding hydrogens is 629 g/mol. The number of thioether (sulfide) groups is 2. The van der Waals surface area contributed by atoms with E-state index in [9.17, 15) is 9.59 Å².